The van der Waals surface area contributed by atoms with Gasteiger partial charge in [-0.25, -0.2) is 0 Å². The topological polar surface area (TPSA) is 46.5 Å². The number of alkyl halides is 2. The number of rotatable bonds is 3. The van der Waals surface area contributed by atoms with Crippen LogP contribution in [0, 0.1) is 0 Å². The molecule has 2 rings (SSSR count). The van der Waals surface area contributed by atoms with Crippen LogP contribution in [0.15, 0.2) is 36.4 Å². The maximum absolute atomic E-state index is 12.1. The van der Waals surface area contributed by atoms with Crippen molar-refractivity contribution in [3.05, 3.63) is 36.4 Å². The molecule has 100 valence electrons. The molecule has 0 aliphatic heterocycles. The molecule has 1 atom stereocenters. The first-order valence-corrected chi connectivity index (χ1v) is 8.24. The van der Waals surface area contributed by atoms with Gasteiger partial charge < -0.3 is 9.84 Å². The molecule has 0 aliphatic rings. The Balaban J connectivity index is 2.42. The van der Waals surface area contributed by atoms with E-state index >= 15 is 0 Å². The second-order valence-corrected chi connectivity index (χ2v) is 7.49. The summed E-state index contributed by atoms with van der Waals surface area (Å²) in [7, 11) is 0. The highest BCUT2D eigenvalue weighted by molar-refractivity contribution is 14.1. The van der Waals surface area contributed by atoms with E-state index in [0.29, 0.717) is 15.6 Å². The molecule has 0 aliphatic carbocycles. The minimum absolute atomic E-state index is 0.182. The molecule has 0 spiro atoms. The van der Waals surface area contributed by atoms with Gasteiger partial charge in [-0.15, -0.1) is 0 Å². The number of esters is 1. The van der Waals surface area contributed by atoms with Crippen molar-refractivity contribution in [2.75, 3.05) is 4.43 Å². The van der Waals surface area contributed by atoms with E-state index in [1.54, 1.807) is 30.3 Å². The van der Waals surface area contributed by atoms with Crippen LogP contribution in [0.25, 0.3) is 10.8 Å². The van der Waals surface area contributed by atoms with Gasteiger partial charge in [0.05, 0.1) is 0 Å². The molecule has 0 heterocycles. The first-order valence-electron chi connectivity index (χ1n) is 5.63. The van der Waals surface area contributed by atoms with Crippen LogP contribution in [-0.4, -0.2) is 18.9 Å². The Bertz CT molecular complexity index is 623. The molecule has 3 nitrogen and oxygen atoms in total. The SMILES string of the molecule is CC(I)(CI)C(=O)Oc1cccc2c(O)cccc12. The minimum atomic E-state index is -0.558. The van der Waals surface area contributed by atoms with Crippen LogP contribution in [0.4, 0.5) is 0 Å². The zero-order valence-corrected chi connectivity index (χ0v) is 14.5. The van der Waals surface area contributed by atoms with Crippen LogP contribution < -0.4 is 4.74 Å². The molecule has 1 N–H and O–H groups in total. The van der Waals surface area contributed by atoms with Crippen molar-refractivity contribution in [2.45, 2.75) is 10.3 Å². The first kappa shape index (κ1) is 14.8. The summed E-state index contributed by atoms with van der Waals surface area (Å²) in [5.41, 5.74) is 0. The van der Waals surface area contributed by atoms with Gasteiger partial charge in [0.25, 0.3) is 0 Å². The highest BCUT2D eigenvalue weighted by Gasteiger charge is 2.31. The lowest BCUT2D eigenvalue weighted by Crippen LogP contribution is -2.34. The highest BCUT2D eigenvalue weighted by Crippen LogP contribution is 2.33. The third-order valence-corrected chi connectivity index (χ3v) is 6.55. The fourth-order valence-electron chi connectivity index (χ4n) is 1.61. The molecule has 1 unspecified atom stereocenters. The molecule has 0 amide bonds. The van der Waals surface area contributed by atoms with E-state index in [1.807, 2.05) is 13.0 Å². The largest absolute Gasteiger partial charge is 0.507 e. The smallest absolute Gasteiger partial charge is 0.327 e. The molecule has 0 saturated carbocycles. The van der Waals surface area contributed by atoms with Crippen LogP contribution in [0.3, 0.4) is 0 Å². The normalized spacial score (nSPS) is 14.1. The standard InChI is InChI=1S/C14H12I2O3/c1-14(16,8-15)13(18)19-12-7-3-4-9-10(12)5-2-6-11(9)17/h2-7,17H,8H2,1H3. The van der Waals surface area contributed by atoms with E-state index in [0.717, 1.165) is 5.39 Å². The number of phenols is 1. The minimum Gasteiger partial charge on any atom is -0.507 e. The van der Waals surface area contributed by atoms with Crippen LogP contribution in [0.1, 0.15) is 6.92 Å². The number of fused-ring (bicyclic) bond motifs is 1. The summed E-state index contributed by atoms with van der Waals surface area (Å²) in [5.74, 6) is 0.381. The number of aromatic hydroxyl groups is 1. The zero-order valence-electron chi connectivity index (χ0n) is 10.2. The van der Waals surface area contributed by atoms with Crippen molar-refractivity contribution in [1.82, 2.24) is 0 Å². The summed E-state index contributed by atoms with van der Waals surface area (Å²) < 4.78 is 5.58. The van der Waals surface area contributed by atoms with Crippen molar-refractivity contribution in [2.24, 2.45) is 0 Å². The predicted octanol–water partition coefficient (Wildman–Crippen LogP) is 4.08. The Morgan fingerprint density at radius 2 is 1.89 bits per heavy atom. The fraction of sp³-hybridized carbons (Fsp3) is 0.214. The number of hydrogen-bond acceptors (Lipinski definition) is 3. The monoisotopic (exact) mass is 482 g/mol. The summed E-state index contributed by atoms with van der Waals surface area (Å²) in [4.78, 5) is 12.1. The van der Waals surface area contributed by atoms with E-state index in [1.165, 1.54) is 0 Å². The number of phenolic OH excluding ortho intramolecular Hbond substituents is 1. The van der Waals surface area contributed by atoms with Crippen molar-refractivity contribution in [3.63, 3.8) is 0 Å². The maximum atomic E-state index is 12.1. The van der Waals surface area contributed by atoms with Crippen LogP contribution in [0.5, 0.6) is 11.5 Å². The third-order valence-electron chi connectivity index (χ3n) is 2.74. The van der Waals surface area contributed by atoms with Gasteiger partial charge >= 0.3 is 5.97 Å². The lowest BCUT2D eigenvalue weighted by atomic mass is 10.1. The van der Waals surface area contributed by atoms with E-state index in [-0.39, 0.29) is 11.7 Å². The number of halogens is 2. The molecule has 0 radical (unpaired) electrons. The average Bonchev–Trinajstić information content (AvgIpc) is 2.40. The third kappa shape index (κ3) is 3.13. The van der Waals surface area contributed by atoms with Gasteiger partial charge in [0, 0.05) is 15.2 Å². The molecular formula is C14H12I2O3. The van der Waals surface area contributed by atoms with Crippen molar-refractivity contribution in [1.29, 1.82) is 0 Å². The van der Waals surface area contributed by atoms with Gasteiger partial charge in [0.2, 0.25) is 0 Å². The fourth-order valence-corrected chi connectivity index (χ4v) is 2.04. The number of benzene rings is 2. The second-order valence-electron chi connectivity index (χ2n) is 4.35. The first-order chi connectivity index (χ1) is 8.95. The number of hydrogen-bond donors (Lipinski definition) is 1. The predicted molar refractivity (Wildman–Crippen MR) is 92.6 cm³/mol. The molecule has 0 bridgehead atoms. The van der Waals surface area contributed by atoms with Gasteiger partial charge in [-0.3, -0.25) is 4.79 Å². The molecule has 2 aromatic rings. The number of carbonyl (C=O) groups excluding carboxylic acids is 1. The Labute approximate surface area is 138 Å². The zero-order chi connectivity index (χ0) is 14.0. The van der Waals surface area contributed by atoms with Crippen LogP contribution >= 0.6 is 45.2 Å². The molecule has 0 aromatic heterocycles. The van der Waals surface area contributed by atoms with Gasteiger partial charge in [0.15, 0.2) is 0 Å². The number of ether oxygens (including phenoxy) is 1. The molecule has 2 aromatic carbocycles. The second kappa shape index (κ2) is 5.82. The van der Waals surface area contributed by atoms with Crippen LogP contribution in [-0.2, 0) is 4.79 Å². The van der Waals surface area contributed by atoms with Crippen LogP contribution in [0.2, 0.25) is 0 Å². The molecule has 19 heavy (non-hydrogen) atoms. The molecule has 0 fully saturated rings. The molecular weight excluding hydrogens is 470 g/mol. The Morgan fingerprint density at radius 1 is 1.26 bits per heavy atom. The van der Waals surface area contributed by atoms with Gasteiger partial charge in [0.1, 0.15) is 14.9 Å². The van der Waals surface area contributed by atoms with Gasteiger partial charge in [-0.05, 0) is 19.1 Å². The molecule has 0 saturated heterocycles. The Morgan fingerprint density at radius 3 is 2.58 bits per heavy atom. The average molecular weight is 482 g/mol. The van der Waals surface area contributed by atoms with E-state index in [4.69, 9.17) is 4.74 Å². The Kier molecular flexibility index (Phi) is 4.54. The Hall–Kier alpha value is -0.570. The quantitative estimate of drug-likeness (QED) is 0.311. The lowest BCUT2D eigenvalue weighted by Gasteiger charge is -2.18. The van der Waals surface area contributed by atoms with Gasteiger partial charge in [-0.2, -0.15) is 0 Å². The lowest BCUT2D eigenvalue weighted by molar-refractivity contribution is -0.135. The summed E-state index contributed by atoms with van der Waals surface area (Å²) in [5, 5.41) is 11.2. The van der Waals surface area contributed by atoms with Crippen molar-refractivity contribution >= 4 is 61.9 Å². The summed E-state index contributed by atoms with van der Waals surface area (Å²) in [6, 6.07) is 10.5. The number of carbonyl (C=O) groups is 1. The highest BCUT2D eigenvalue weighted by atomic mass is 127. The van der Waals surface area contributed by atoms with Crippen molar-refractivity contribution < 1.29 is 14.6 Å². The molecule has 5 heteroatoms. The summed E-state index contributed by atoms with van der Waals surface area (Å²) in [6.45, 7) is 1.84. The van der Waals surface area contributed by atoms with E-state index in [9.17, 15) is 9.90 Å². The maximum Gasteiger partial charge on any atom is 0.327 e. The van der Waals surface area contributed by atoms with E-state index < -0.39 is 3.42 Å². The summed E-state index contributed by atoms with van der Waals surface area (Å²) >= 11 is 4.25. The summed E-state index contributed by atoms with van der Waals surface area (Å²) in [6.07, 6.45) is 0. The van der Waals surface area contributed by atoms with Crippen molar-refractivity contribution in [3.8, 4) is 11.5 Å². The van der Waals surface area contributed by atoms with Gasteiger partial charge in [-0.1, -0.05) is 69.4 Å². The van der Waals surface area contributed by atoms with E-state index in [2.05, 4.69) is 45.2 Å².